The van der Waals surface area contributed by atoms with Crippen LogP contribution in [-0.4, -0.2) is 84.2 Å². The summed E-state index contributed by atoms with van der Waals surface area (Å²) in [4.78, 5) is 77.4. The topological polar surface area (TPSA) is 214 Å². The van der Waals surface area contributed by atoms with E-state index in [2.05, 4.69) is 33.8 Å². The van der Waals surface area contributed by atoms with E-state index in [1.807, 2.05) is 0 Å². The molecule has 2 atom stereocenters. The molecule has 37 heavy (non-hydrogen) atoms. The molecule has 15 heteroatoms. The van der Waals surface area contributed by atoms with Crippen molar-refractivity contribution in [3.63, 3.8) is 0 Å². The normalized spacial score (nSPS) is 10.8. The minimum atomic E-state index is -1.43. The molecule has 0 aliphatic rings. The predicted octanol–water partition coefficient (Wildman–Crippen LogP) is -0.803. The van der Waals surface area contributed by atoms with E-state index >= 15 is 0 Å². The van der Waals surface area contributed by atoms with Crippen LogP contribution in [0.15, 0.2) is 25.3 Å². The van der Waals surface area contributed by atoms with Gasteiger partial charge in [-0.05, 0) is 12.8 Å². The summed E-state index contributed by atoms with van der Waals surface area (Å²) in [7, 11) is 0. The fourth-order valence-corrected chi connectivity index (χ4v) is 2.14. The zero-order valence-electron chi connectivity index (χ0n) is 20.2. The Kier molecular flexibility index (Phi) is 22.2. The summed E-state index contributed by atoms with van der Waals surface area (Å²) < 4.78 is 9.31. The number of carboxylic acids is 2. The van der Waals surface area contributed by atoms with Crippen LogP contribution < -0.4 is 16.0 Å². The van der Waals surface area contributed by atoms with Gasteiger partial charge in [-0.25, -0.2) is 4.79 Å². The van der Waals surface area contributed by atoms with Gasteiger partial charge in [-0.2, -0.15) is 6.41 Å². The largest absolute Gasteiger partial charge is 0.520 e. The summed E-state index contributed by atoms with van der Waals surface area (Å²) in [5.74, 6) is -5.11. The van der Waals surface area contributed by atoms with Crippen LogP contribution in [0.1, 0.15) is 39.0 Å². The molecule has 0 fully saturated rings. The number of aliphatic carboxylic acids is 2. The van der Waals surface area contributed by atoms with Crippen LogP contribution in [0.25, 0.3) is 0 Å². The second kappa shape index (κ2) is 22.6. The first kappa shape index (κ1) is 36.3. The Labute approximate surface area is 208 Å². The number of rotatable bonds is 18. The molecule has 5 N–H and O–H groups in total. The average Bonchev–Trinajstić information content (AvgIpc) is 2.84. The molecule has 0 bridgehead atoms. The number of carboxylic acid groups (broad SMARTS) is 2. The second-order valence-corrected chi connectivity index (χ2v) is 6.74. The number of nitrogens with one attached hydrogen (secondary N) is 3. The monoisotopic (exact) mass is 771 g/mol. The molecule has 0 aromatic rings. The minimum Gasteiger partial charge on any atom is -0.520 e. The first-order chi connectivity index (χ1) is 17.0. The van der Waals surface area contributed by atoms with Gasteiger partial charge in [0.25, 0.3) is 0 Å². The summed E-state index contributed by atoms with van der Waals surface area (Å²) >= 11 is 0. The molecular weight excluding hydrogens is 739 g/mol. The Bertz CT molecular complexity index is 790. The smallest absolute Gasteiger partial charge is 0.326 e. The molecule has 0 aliphatic heterocycles. The van der Waals surface area contributed by atoms with Crippen LogP contribution in [-0.2, 0) is 43.0 Å². The number of hydrogen-bond donors (Lipinski definition) is 5. The third-order valence-electron chi connectivity index (χ3n) is 3.90. The summed E-state index contributed by atoms with van der Waals surface area (Å²) in [6, 6.07) is -2.60. The Morgan fingerprint density at radius 2 is 1.46 bits per heavy atom. The molecule has 0 saturated carbocycles. The third kappa shape index (κ3) is 21.1. The molecule has 0 aromatic heterocycles. The van der Waals surface area contributed by atoms with Crippen molar-refractivity contribution >= 4 is 42.1 Å². The number of ether oxygens (including phenoxy) is 2. The van der Waals surface area contributed by atoms with E-state index in [0.29, 0.717) is 13.0 Å². The molecule has 214 valence electrons. The van der Waals surface area contributed by atoms with Gasteiger partial charge < -0.3 is 40.4 Å². The van der Waals surface area contributed by atoms with Gasteiger partial charge in [-0.3, -0.25) is 24.0 Å². The fraction of sp³-hybridized carbons (Fsp3) is 0.500. The Hall–Kier alpha value is -5.23. The zero-order valence-corrected chi connectivity index (χ0v) is 22.6. The van der Waals surface area contributed by atoms with Crippen molar-refractivity contribution in [2.24, 2.45) is 0 Å². The van der Waals surface area contributed by atoms with Crippen LogP contribution >= 0.6 is 0 Å². The Balaban J connectivity index is -0.00000110. The third-order valence-corrected chi connectivity index (χ3v) is 3.90. The molecule has 3 amide bonds. The van der Waals surface area contributed by atoms with Crippen LogP contribution in [0.4, 0.5) is 0 Å². The predicted molar refractivity (Wildman–Crippen MR) is 124 cm³/mol. The van der Waals surface area contributed by atoms with Gasteiger partial charge in [0, 0.05) is 19.3 Å². The van der Waals surface area contributed by atoms with E-state index < -0.39 is 54.8 Å². The zero-order chi connectivity index (χ0) is 27.9. The van der Waals surface area contributed by atoms with Gasteiger partial charge in [0.05, 0.1) is 12.6 Å². The minimum absolute atomic E-state index is 0. The van der Waals surface area contributed by atoms with E-state index in [4.69, 9.17) is 14.9 Å². The average molecular weight is 772 g/mol. The van der Waals surface area contributed by atoms with Crippen LogP contribution in [0.3, 0.4) is 0 Å². The van der Waals surface area contributed by atoms with Gasteiger partial charge in [0.1, 0.15) is 19.3 Å². The molecular formula is C22H32FmN3O11-. The van der Waals surface area contributed by atoms with E-state index in [0.717, 1.165) is 0 Å². The maximum Gasteiger partial charge on any atom is 0.326 e. The van der Waals surface area contributed by atoms with Crippen LogP contribution in [0, 0.1) is 0 Å². The number of carbonyl (C=O) groups excluding carboxylic acids is 5. The van der Waals surface area contributed by atoms with Crippen LogP contribution in [0.5, 0.6) is 0 Å². The molecule has 0 spiro atoms. The van der Waals surface area contributed by atoms with E-state index in [-0.39, 0.29) is 31.8 Å². The maximum absolute atomic E-state index is 12.0. The molecule has 0 saturated heterocycles. The standard InChI is InChI=1S/C16H22N3O9.C6H10O2.Fm/c1-2-7-28-14(24)6-4-10(18-9-20)15(25)17-8-12(21)19-11(16(26)27)3-5-13(22)23;1-3-5-8-6(7)4-2;/h2,10-11H,1,3-8H2,(H,17,25)(H,18,20)(H,19,21)(H,22,23)(H,26,27);3H,1,4-5H2,2H3;/q-1;;. The summed E-state index contributed by atoms with van der Waals surface area (Å²) in [5.41, 5.74) is 0. The Morgan fingerprint density at radius 3 is 1.92 bits per heavy atom. The SMILES string of the molecule is C=CCOC(=O)CC.C=CCOC(=O)CCC(N[C-]=O)C(=O)NCC(=O)NC(CCC(=O)O)C(=O)O.[Fm]. The molecule has 2 unspecified atom stereocenters. The van der Waals surface area contributed by atoms with E-state index in [9.17, 15) is 33.6 Å². The molecule has 14 nitrogen and oxygen atoms in total. The first-order valence-corrected chi connectivity index (χ1v) is 10.7. The summed E-state index contributed by atoms with van der Waals surface area (Å²) in [6.07, 6.45) is 3.56. The quantitative estimate of drug-likeness (QED) is 0.0504. The second-order valence-electron chi connectivity index (χ2n) is 6.74. The maximum atomic E-state index is 12.0. The van der Waals surface area contributed by atoms with Gasteiger partial charge >= 0.3 is 23.9 Å². The van der Waals surface area contributed by atoms with Crippen molar-refractivity contribution < 1.29 is 53.2 Å². The number of esters is 2. The van der Waals surface area contributed by atoms with Gasteiger partial charge in [-0.15, -0.1) is 0 Å². The van der Waals surface area contributed by atoms with Crippen LogP contribution in [0.2, 0.25) is 0 Å². The molecule has 0 radical (unpaired) electrons. The molecule has 0 aromatic carbocycles. The number of carbonyl (C=O) groups is 6. The van der Waals surface area contributed by atoms with Crippen molar-refractivity contribution in [2.45, 2.75) is 51.1 Å². The summed E-state index contributed by atoms with van der Waals surface area (Å²) in [6.45, 7) is 8.22. The van der Waals surface area contributed by atoms with E-state index in [1.54, 1.807) is 13.0 Å². The van der Waals surface area contributed by atoms with Gasteiger partial charge in [-0.1, -0.05) is 32.2 Å². The molecule has 0 rings (SSSR count). The van der Waals surface area contributed by atoms with Gasteiger partial charge in [0.2, 0.25) is 11.8 Å². The van der Waals surface area contributed by atoms with Gasteiger partial charge in [0.15, 0.2) is 0 Å². The first-order valence-electron chi connectivity index (χ1n) is 10.7. The number of hydrogen-bond acceptors (Lipinski definition) is 9. The number of amides is 3. The fourth-order valence-electron chi connectivity index (χ4n) is 2.14. The van der Waals surface area contributed by atoms with Crippen molar-refractivity contribution in [2.75, 3.05) is 19.8 Å². The van der Waals surface area contributed by atoms with Crippen molar-refractivity contribution in [1.82, 2.24) is 16.0 Å². The molecule has 0 heterocycles. The van der Waals surface area contributed by atoms with Crippen molar-refractivity contribution in [3.8, 4) is 0 Å². The van der Waals surface area contributed by atoms with Crippen molar-refractivity contribution in [3.05, 3.63) is 25.3 Å². The molecule has 0 aliphatic carbocycles. The Morgan fingerprint density at radius 1 is 0.919 bits per heavy atom. The van der Waals surface area contributed by atoms with Crippen molar-refractivity contribution in [1.29, 1.82) is 0 Å². The summed E-state index contributed by atoms with van der Waals surface area (Å²) in [5, 5.41) is 23.8. The van der Waals surface area contributed by atoms with E-state index in [1.165, 1.54) is 12.5 Å².